The van der Waals surface area contributed by atoms with Crippen LogP contribution in [0.3, 0.4) is 0 Å². The van der Waals surface area contributed by atoms with Gasteiger partial charge in [-0.2, -0.15) is 0 Å². The number of H-pyrrole nitrogens is 1. The van der Waals surface area contributed by atoms with Crippen molar-refractivity contribution in [3.63, 3.8) is 0 Å². The molecule has 1 aliphatic carbocycles. The first-order valence-corrected chi connectivity index (χ1v) is 17.5. The Morgan fingerprint density at radius 2 is 1.84 bits per heavy atom. The number of hydrogen-bond acceptors (Lipinski definition) is 9. The van der Waals surface area contributed by atoms with Crippen LogP contribution in [0.15, 0.2) is 63.9 Å². The van der Waals surface area contributed by atoms with Crippen molar-refractivity contribution >= 4 is 33.1 Å². The van der Waals surface area contributed by atoms with E-state index >= 15 is 0 Å². The number of hydrogen-bond donors (Lipinski definition) is 2. The lowest BCUT2D eigenvalue weighted by Gasteiger charge is -2.37. The Hall–Kier alpha value is -5.50. The van der Waals surface area contributed by atoms with Gasteiger partial charge < -0.3 is 19.4 Å². The number of nitrogens with zero attached hydrogens (tertiary/aromatic N) is 4. The molecule has 3 fully saturated rings. The van der Waals surface area contributed by atoms with Crippen molar-refractivity contribution in [3.8, 4) is 27.6 Å². The number of thiophene rings is 1. The zero-order valence-corrected chi connectivity index (χ0v) is 27.6. The quantitative estimate of drug-likeness (QED) is 0.183. The van der Waals surface area contributed by atoms with E-state index in [0.717, 1.165) is 45.1 Å². The van der Waals surface area contributed by atoms with E-state index in [9.17, 15) is 22.8 Å². The molecule has 1 spiro atoms. The zero-order valence-electron chi connectivity index (χ0n) is 26.8. The van der Waals surface area contributed by atoms with Crippen LogP contribution in [0.25, 0.3) is 32.0 Å². The van der Waals surface area contributed by atoms with Crippen molar-refractivity contribution in [2.24, 2.45) is 5.92 Å². The molecule has 11 rings (SSSR count). The van der Waals surface area contributed by atoms with Crippen molar-refractivity contribution in [1.29, 1.82) is 0 Å². The second kappa shape index (κ2) is 11.0. The number of amides is 1. The molecule has 0 radical (unpaired) electrons. The second-order valence-corrected chi connectivity index (χ2v) is 14.7. The maximum atomic E-state index is 14.6. The largest absolute Gasteiger partial charge is 0.490 e. The van der Waals surface area contributed by atoms with E-state index in [1.54, 1.807) is 18.3 Å². The van der Waals surface area contributed by atoms with Gasteiger partial charge in [0.2, 0.25) is 0 Å². The number of halogens is 3. The van der Waals surface area contributed by atoms with E-state index in [0.29, 0.717) is 65.5 Å². The number of rotatable bonds is 7. The third-order valence-corrected chi connectivity index (χ3v) is 11.8. The highest BCUT2D eigenvalue weighted by Gasteiger charge is 2.65. The van der Waals surface area contributed by atoms with E-state index in [-0.39, 0.29) is 30.0 Å². The lowest BCUT2D eigenvalue weighted by molar-refractivity contribution is 0.0637. The molecule has 1 amide bonds. The third-order valence-electron chi connectivity index (χ3n) is 10.7. The maximum Gasteiger partial charge on any atom is 0.434 e. The van der Waals surface area contributed by atoms with E-state index in [1.165, 1.54) is 29.5 Å². The second-order valence-electron chi connectivity index (χ2n) is 13.6. The van der Waals surface area contributed by atoms with Crippen LogP contribution in [0, 0.1) is 23.4 Å². The Labute approximate surface area is 291 Å². The molecular formula is C37H27F3N6O4S. The molecule has 1 atom stereocenters. The number of anilines is 1. The van der Waals surface area contributed by atoms with Crippen molar-refractivity contribution in [3.05, 3.63) is 111 Å². The van der Waals surface area contributed by atoms with Gasteiger partial charge in [0.1, 0.15) is 17.5 Å². The molecule has 4 aliphatic heterocycles. The highest BCUT2D eigenvalue weighted by Crippen LogP contribution is 2.63. The van der Waals surface area contributed by atoms with Crippen molar-refractivity contribution < 1.29 is 27.1 Å². The molecule has 14 heteroatoms. The van der Waals surface area contributed by atoms with Crippen molar-refractivity contribution in [2.75, 3.05) is 18.5 Å². The van der Waals surface area contributed by atoms with Gasteiger partial charge in [0.25, 0.3) is 11.8 Å². The third kappa shape index (κ3) is 4.58. The molecule has 8 heterocycles. The van der Waals surface area contributed by atoms with Gasteiger partial charge in [0, 0.05) is 41.2 Å². The number of benzene rings is 2. The van der Waals surface area contributed by atoms with Gasteiger partial charge in [-0.1, -0.05) is 12.1 Å². The Morgan fingerprint density at radius 3 is 2.65 bits per heavy atom. The molecule has 4 aromatic heterocycles. The van der Waals surface area contributed by atoms with Crippen LogP contribution < -0.4 is 15.8 Å². The highest BCUT2D eigenvalue weighted by atomic mass is 32.1. The maximum absolute atomic E-state index is 14.6. The summed E-state index contributed by atoms with van der Waals surface area (Å²) in [5.74, 6) is -1.69. The average Bonchev–Trinajstić information content (AvgIpc) is 3.92. The summed E-state index contributed by atoms with van der Waals surface area (Å²) in [5, 5.41) is 10.8. The predicted molar refractivity (Wildman–Crippen MR) is 181 cm³/mol. The fourth-order valence-electron chi connectivity index (χ4n) is 8.43. The molecule has 1 unspecified atom stereocenters. The van der Waals surface area contributed by atoms with Crippen LogP contribution in [-0.4, -0.2) is 44.1 Å². The summed E-state index contributed by atoms with van der Waals surface area (Å²) in [6.45, 7) is 0.896. The van der Waals surface area contributed by atoms with E-state index in [2.05, 4.69) is 20.5 Å². The number of aryl methyl sites for hydroxylation is 2. The first kappa shape index (κ1) is 30.3. The van der Waals surface area contributed by atoms with Gasteiger partial charge in [-0.25, -0.2) is 28.0 Å². The number of nitrogens with one attached hydrogen (secondary N) is 2. The molecule has 2 aromatic carbocycles. The topological polar surface area (TPSA) is 126 Å². The molecule has 256 valence electrons. The normalized spacial score (nSPS) is 21.3. The smallest absolute Gasteiger partial charge is 0.434 e. The molecule has 6 aromatic rings. The summed E-state index contributed by atoms with van der Waals surface area (Å²) in [6.07, 6.45) is 4.70. The van der Waals surface area contributed by atoms with Crippen LogP contribution in [0.5, 0.6) is 5.75 Å². The minimum Gasteiger partial charge on any atom is -0.490 e. The molecule has 2 N–H and O–H groups in total. The zero-order chi connectivity index (χ0) is 34.6. The van der Waals surface area contributed by atoms with Gasteiger partial charge in [-0.05, 0) is 72.9 Å². The summed E-state index contributed by atoms with van der Waals surface area (Å²) in [6, 6.07) is 11.7. The average molecular weight is 709 g/mol. The molecule has 2 saturated heterocycles. The fourth-order valence-corrected chi connectivity index (χ4v) is 9.60. The Bertz CT molecular complexity index is 2490. The lowest BCUT2D eigenvalue weighted by atomic mass is 9.71. The van der Waals surface area contributed by atoms with Gasteiger partial charge in [0.05, 0.1) is 45.4 Å². The lowest BCUT2D eigenvalue weighted by Crippen LogP contribution is -2.40. The number of pyridine rings is 2. The van der Waals surface area contributed by atoms with Crippen molar-refractivity contribution in [1.82, 2.24) is 25.1 Å². The summed E-state index contributed by atoms with van der Waals surface area (Å²) in [7, 11) is 0. The minimum atomic E-state index is -0.761. The number of carbonyl (C=O) groups is 1. The standard InChI is InChI=1S/C37H27F3N6O4S/c38-20-4-1-17(2-5-20)3-6-25-27(34-44-45-36(48)50-34)28(29-32(42-25)37-14-18(15-37)16-46(37)35(29)47)26-11-19-7-9-41-33(31(19)51-26)43-24-8-10-49-30-22(24)12-21(39)13-23(30)40/h1-2,4-5,7,9,11-13,18,24H,3,6,8,10,14-16H2,(H,41,43)(H,45,48). The molecule has 10 nitrogen and oxygen atoms in total. The number of carbonyl (C=O) groups excluding carboxylic acids is 1. The summed E-state index contributed by atoms with van der Waals surface area (Å²) in [4.78, 5) is 39.2. The molecule has 51 heavy (non-hydrogen) atoms. The van der Waals surface area contributed by atoms with Crippen LogP contribution in [0.2, 0.25) is 0 Å². The van der Waals surface area contributed by atoms with Gasteiger partial charge in [-0.3, -0.25) is 9.78 Å². The number of aromatic amines is 1. The SMILES string of the molecule is O=C1c2c(nc(CCc3ccc(F)cc3)c(-c3n[nH]c(=O)o3)c2-c2cc3ccnc(NC4CCOc5c(F)cc(F)cc54)c3s2)C23CC(CN12)C3. The fraction of sp³-hybridized carbons (Fsp3) is 0.270. The molecule has 1 saturated carbocycles. The van der Waals surface area contributed by atoms with Crippen LogP contribution in [-0.2, 0) is 18.4 Å². The number of aromatic nitrogens is 4. The van der Waals surface area contributed by atoms with E-state index in [4.69, 9.17) is 14.1 Å². The van der Waals surface area contributed by atoms with Crippen LogP contribution in [0.4, 0.5) is 19.0 Å². The Balaban J connectivity index is 1.15. The van der Waals surface area contributed by atoms with Crippen LogP contribution in [0.1, 0.15) is 58.2 Å². The number of fused-ring (bicyclic) bond motifs is 3. The van der Waals surface area contributed by atoms with Crippen molar-refractivity contribution in [2.45, 2.75) is 43.7 Å². The van der Waals surface area contributed by atoms with E-state index < -0.39 is 29.0 Å². The molecule has 5 aliphatic rings. The first-order chi connectivity index (χ1) is 24.8. The summed E-state index contributed by atoms with van der Waals surface area (Å²) in [5.41, 5.74) is 3.61. The number of ether oxygens (including phenoxy) is 1. The predicted octanol–water partition coefficient (Wildman–Crippen LogP) is 6.91. The van der Waals surface area contributed by atoms with Crippen LogP contribution >= 0.6 is 11.3 Å². The summed E-state index contributed by atoms with van der Waals surface area (Å²) >= 11 is 1.40. The highest BCUT2D eigenvalue weighted by molar-refractivity contribution is 7.23. The monoisotopic (exact) mass is 708 g/mol. The van der Waals surface area contributed by atoms with Gasteiger partial charge in [-0.15, -0.1) is 16.4 Å². The summed E-state index contributed by atoms with van der Waals surface area (Å²) < 4.78 is 54.6. The Kier molecular flexibility index (Phi) is 6.54. The molecule has 2 bridgehead atoms. The van der Waals surface area contributed by atoms with E-state index in [1.807, 2.05) is 17.0 Å². The molecular weight excluding hydrogens is 682 g/mol. The minimum absolute atomic E-state index is 0.0139. The van der Waals surface area contributed by atoms with Gasteiger partial charge in [0.15, 0.2) is 11.6 Å². The van der Waals surface area contributed by atoms with Gasteiger partial charge >= 0.3 is 5.76 Å². The first-order valence-electron chi connectivity index (χ1n) is 16.7. The Morgan fingerprint density at radius 1 is 1.00 bits per heavy atom.